The second-order valence-electron chi connectivity index (χ2n) is 12.5. The summed E-state index contributed by atoms with van der Waals surface area (Å²) in [6.45, 7) is 3.81. The fourth-order valence-corrected chi connectivity index (χ4v) is 7.10. The van der Waals surface area contributed by atoms with Gasteiger partial charge in [-0.3, -0.25) is 0 Å². The molecule has 0 bridgehead atoms. The van der Waals surface area contributed by atoms with Gasteiger partial charge in [-0.25, -0.2) is 0 Å². The minimum Gasteiger partial charge on any atom is -0.308 e. The third-order valence-corrected chi connectivity index (χ3v) is 9.24. The summed E-state index contributed by atoms with van der Waals surface area (Å²) in [6, 6.07) is 33.5. The number of benzene rings is 6. The van der Waals surface area contributed by atoms with E-state index in [2.05, 4.69) is 6.07 Å². The third kappa shape index (κ3) is 4.90. The second-order valence-corrected chi connectivity index (χ2v) is 12.5. The van der Waals surface area contributed by atoms with Crippen LogP contribution in [0.4, 0.5) is 26.3 Å². The Bertz CT molecular complexity index is 2550. The number of nitriles is 1. The molecule has 0 N–H and O–H groups in total. The Hall–Kier alpha value is -6.01. The van der Waals surface area contributed by atoms with E-state index in [0.717, 1.165) is 44.8 Å². The molecule has 0 atom stereocenters. The van der Waals surface area contributed by atoms with Gasteiger partial charge in [0.15, 0.2) is 0 Å². The molecule has 0 aliphatic heterocycles. The van der Waals surface area contributed by atoms with Crippen molar-refractivity contribution in [2.24, 2.45) is 0 Å². The number of fused-ring (bicyclic) bond motifs is 6. The van der Waals surface area contributed by atoms with Crippen LogP contribution >= 0.6 is 0 Å². The SMILES string of the molecule is Cc1ccc2c3ccccc3n(-c3cc(C#N)cc(-n4c5ccccc5c5ccc(C)cc54)c3-c3cc(C(F)(F)F)cc(C(F)(F)F)c3)c2c1. The highest BCUT2D eigenvalue weighted by molar-refractivity contribution is 6.12. The van der Waals surface area contributed by atoms with Gasteiger partial charge in [-0.05, 0) is 85.1 Å². The van der Waals surface area contributed by atoms with Crippen LogP contribution in [-0.4, -0.2) is 9.13 Å². The molecule has 0 saturated heterocycles. The molecule has 0 radical (unpaired) electrons. The number of alkyl halides is 6. The number of aryl methyl sites for hydroxylation is 2. The number of halogens is 6. The summed E-state index contributed by atoms with van der Waals surface area (Å²) in [5, 5.41) is 13.8. The summed E-state index contributed by atoms with van der Waals surface area (Å²) in [7, 11) is 0. The number of hydrogen-bond donors (Lipinski definition) is 0. The summed E-state index contributed by atoms with van der Waals surface area (Å²) < 4.78 is 90.2. The topological polar surface area (TPSA) is 33.6 Å². The molecule has 8 aromatic rings. The van der Waals surface area contributed by atoms with E-state index in [1.807, 2.05) is 108 Å². The Labute approximate surface area is 281 Å². The highest BCUT2D eigenvalue weighted by Crippen LogP contribution is 2.46. The van der Waals surface area contributed by atoms with Crippen molar-refractivity contribution in [3.63, 3.8) is 0 Å². The van der Waals surface area contributed by atoms with Gasteiger partial charge in [-0.15, -0.1) is 0 Å². The first-order valence-corrected chi connectivity index (χ1v) is 15.7. The van der Waals surface area contributed by atoms with Gasteiger partial charge >= 0.3 is 12.4 Å². The smallest absolute Gasteiger partial charge is 0.308 e. The van der Waals surface area contributed by atoms with Gasteiger partial charge in [0, 0.05) is 27.1 Å². The molecule has 3 nitrogen and oxygen atoms in total. The standard InChI is InChI=1S/C41H25F6N3/c1-23-11-13-31-29-7-3-5-9-33(29)49(35(31)15-23)37-17-25(22-48)18-38(39(37)26-19-27(40(42,43)44)21-28(20-26)41(45,46)47)50-34-10-6-4-8-30(34)32-14-12-24(2)16-36(32)50/h3-21H,1-2H3. The summed E-state index contributed by atoms with van der Waals surface area (Å²) in [6.07, 6.45) is -10.1. The molecule has 6 aromatic carbocycles. The van der Waals surface area contributed by atoms with Gasteiger partial charge < -0.3 is 9.13 Å². The highest BCUT2D eigenvalue weighted by atomic mass is 19.4. The molecular weight excluding hydrogens is 648 g/mol. The maximum atomic E-state index is 14.4. The van der Waals surface area contributed by atoms with Gasteiger partial charge in [0.25, 0.3) is 0 Å². The number of rotatable bonds is 3. The van der Waals surface area contributed by atoms with E-state index in [9.17, 15) is 31.6 Å². The summed E-state index contributed by atoms with van der Waals surface area (Å²) in [4.78, 5) is 0. The lowest BCUT2D eigenvalue weighted by Crippen LogP contribution is -2.12. The van der Waals surface area contributed by atoms with Crippen LogP contribution in [0.3, 0.4) is 0 Å². The van der Waals surface area contributed by atoms with E-state index < -0.39 is 23.5 Å². The van der Waals surface area contributed by atoms with Crippen molar-refractivity contribution in [2.75, 3.05) is 0 Å². The molecule has 246 valence electrons. The van der Waals surface area contributed by atoms with Crippen molar-refractivity contribution in [2.45, 2.75) is 26.2 Å². The highest BCUT2D eigenvalue weighted by Gasteiger charge is 2.38. The summed E-state index contributed by atoms with van der Waals surface area (Å²) in [5.74, 6) is 0. The van der Waals surface area contributed by atoms with Crippen LogP contribution < -0.4 is 0 Å². The molecule has 2 aromatic heterocycles. The normalized spacial score (nSPS) is 12.4. The van der Waals surface area contributed by atoms with Crippen molar-refractivity contribution in [1.29, 1.82) is 5.26 Å². The molecule has 0 aliphatic rings. The first-order valence-electron chi connectivity index (χ1n) is 15.7. The molecular formula is C41H25F6N3. The maximum Gasteiger partial charge on any atom is 0.416 e. The quantitative estimate of drug-likeness (QED) is 0.172. The predicted octanol–water partition coefficient (Wildman–Crippen LogP) is 12.1. The molecule has 50 heavy (non-hydrogen) atoms. The van der Waals surface area contributed by atoms with Gasteiger partial charge in [0.1, 0.15) is 0 Å². The molecule has 0 unspecified atom stereocenters. The zero-order valence-corrected chi connectivity index (χ0v) is 26.6. The van der Waals surface area contributed by atoms with Crippen LogP contribution in [-0.2, 0) is 12.4 Å². The number of nitrogens with zero attached hydrogens (tertiary/aromatic N) is 3. The van der Waals surface area contributed by atoms with Crippen LogP contribution in [0.1, 0.15) is 27.8 Å². The molecule has 0 spiro atoms. The Kier molecular flexibility index (Phi) is 6.88. The van der Waals surface area contributed by atoms with Gasteiger partial charge in [0.2, 0.25) is 0 Å². The molecule has 9 heteroatoms. The van der Waals surface area contributed by atoms with Crippen LogP contribution in [0.2, 0.25) is 0 Å². The van der Waals surface area contributed by atoms with E-state index in [0.29, 0.717) is 22.1 Å². The molecule has 2 heterocycles. The first kappa shape index (κ1) is 31.3. The molecule has 0 saturated carbocycles. The van der Waals surface area contributed by atoms with Crippen LogP contribution in [0.25, 0.3) is 66.1 Å². The predicted molar refractivity (Wildman–Crippen MR) is 185 cm³/mol. The second kappa shape index (κ2) is 11.0. The zero-order valence-electron chi connectivity index (χ0n) is 26.6. The lowest BCUT2D eigenvalue weighted by molar-refractivity contribution is -0.143. The lowest BCUT2D eigenvalue weighted by atomic mass is 9.94. The third-order valence-electron chi connectivity index (χ3n) is 9.24. The van der Waals surface area contributed by atoms with Crippen molar-refractivity contribution in [1.82, 2.24) is 9.13 Å². The zero-order chi connectivity index (χ0) is 35.1. The van der Waals surface area contributed by atoms with Crippen LogP contribution in [0.5, 0.6) is 0 Å². The average molecular weight is 674 g/mol. The fraction of sp³-hybridized carbons (Fsp3) is 0.0976. The molecule has 8 rings (SSSR count). The van der Waals surface area contributed by atoms with Crippen molar-refractivity contribution < 1.29 is 26.3 Å². The largest absolute Gasteiger partial charge is 0.416 e. The van der Waals surface area contributed by atoms with Gasteiger partial charge in [-0.1, -0.05) is 60.7 Å². The van der Waals surface area contributed by atoms with E-state index in [-0.39, 0.29) is 34.1 Å². The maximum absolute atomic E-state index is 14.4. The monoisotopic (exact) mass is 673 g/mol. The Morgan fingerprint density at radius 3 is 1.34 bits per heavy atom. The lowest BCUT2D eigenvalue weighted by Gasteiger charge is -2.22. The number of aromatic nitrogens is 2. The average Bonchev–Trinajstić information content (AvgIpc) is 3.58. The summed E-state index contributed by atoms with van der Waals surface area (Å²) >= 11 is 0. The molecule has 0 aliphatic carbocycles. The number of para-hydroxylation sites is 2. The van der Waals surface area contributed by atoms with Crippen LogP contribution in [0.15, 0.2) is 115 Å². The summed E-state index contributed by atoms with van der Waals surface area (Å²) in [5.41, 5.74) is 2.19. The first-order chi connectivity index (χ1) is 23.8. The van der Waals surface area contributed by atoms with E-state index >= 15 is 0 Å². The van der Waals surface area contributed by atoms with E-state index in [4.69, 9.17) is 0 Å². The van der Waals surface area contributed by atoms with Crippen molar-refractivity contribution >= 4 is 43.6 Å². The fourth-order valence-electron chi connectivity index (χ4n) is 7.10. The van der Waals surface area contributed by atoms with Gasteiger partial charge in [0.05, 0.1) is 56.2 Å². The Balaban J connectivity index is 1.64. The van der Waals surface area contributed by atoms with E-state index in [1.165, 1.54) is 0 Å². The van der Waals surface area contributed by atoms with Crippen molar-refractivity contribution in [3.8, 4) is 28.6 Å². The number of hydrogen-bond acceptors (Lipinski definition) is 1. The van der Waals surface area contributed by atoms with Crippen molar-refractivity contribution in [3.05, 3.63) is 143 Å². The Morgan fingerprint density at radius 1 is 0.500 bits per heavy atom. The Morgan fingerprint density at radius 2 is 0.920 bits per heavy atom. The van der Waals surface area contributed by atoms with Crippen LogP contribution in [0, 0.1) is 25.2 Å². The molecule has 0 fully saturated rings. The molecule has 0 amide bonds. The van der Waals surface area contributed by atoms with Gasteiger partial charge in [-0.2, -0.15) is 31.6 Å². The van der Waals surface area contributed by atoms with E-state index in [1.54, 1.807) is 12.1 Å². The minimum absolute atomic E-state index is 0.105. The minimum atomic E-state index is -5.07.